The molecule has 140 heavy (non-hydrogen) atoms. The minimum absolute atomic E-state index is 0.0440. The highest BCUT2D eigenvalue weighted by molar-refractivity contribution is 7.80. The lowest BCUT2D eigenvalue weighted by molar-refractivity contribution is -0.153. The molecule has 0 bridgehead atoms. The second-order valence-electron chi connectivity index (χ2n) is 31.8. The van der Waals surface area contributed by atoms with Gasteiger partial charge in [-0.15, -0.1) is 0 Å². The van der Waals surface area contributed by atoms with Crippen LogP contribution in [0.4, 0.5) is 17.1 Å². The summed E-state index contributed by atoms with van der Waals surface area (Å²) in [6.07, 6.45) is 7.38. The van der Waals surface area contributed by atoms with Gasteiger partial charge in [0.05, 0.1) is 6.04 Å². The zero-order chi connectivity index (χ0) is 103. The van der Waals surface area contributed by atoms with E-state index >= 15 is 0 Å². The molecule has 4 aromatic carbocycles. The van der Waals surface area contributed by atoms with Crippen molar-refractivity contribution in [3.05, 3.63) is 125 Å². The number of β-lactam (4-membered cyclic amide) rings is 4. The molecule has 0 aromatic heterocycles. The number of rotatable bonds is 59. The summed E-state index contributed by atoms with van der Waals surface area (Å²) < 4.78 is 20.4. The molecular formula is C92H120N14O30S4. The van der Waals surface area contributed by atoms with Crippen molar-refractivity contribution in [2.75, 3.05) is 138 Å². The Morgan fingerprint density at radius 2 is 0.607 bits per heavy atom. The Labute approximate surface area is 828 Å². The van der Waals surface area contributed by atoms with Crippen LogP contribution < -0.4 is 53.2 Å². The van der Waals surface area contributed by atoms with E-state index in [1.807, 2.05) is 12.1 Å². The summed E-state index contributed by atoms with van der Waals surface area (Å²) >= 11 is 15.6. The predicted molar refractivity (Wildman–Crippen MR) is 515 cm³/mol. The number of nitrogens with zero attached hydrogens (tertiary/aromatic N) is 4. The number of amides is 18. The van der Waals surface area contributed by atoms with Crippen molar-refractivity contribution in [2.24, 2.45) is 0 Å². The van der Waals surface area contributed by atoms with Crippen LogP contribution in [0.5, 0.6) is 0 Å². The van der Waals surface area contributed by atoms with Crippen LogP contribution in [0.3, 0.4) is 0 Å². The predicted octanol–water partition coefficient (Wildman–Crippen LogP) is 0.476. The fraction of sp³-hybridized carbons (Fsp3) is 0.489. The second kappa shape index (κ2) is 65.1. The molecule has 4 aliphatic heterocycles. The standard InChI is InChI=1S/C26H36N4O7S.C24H32N4O8S.C22H28N4O8S.C20H24N2O7S/c1-18(31)21(29-22(32)12-15-38)4-2-3-13-27-23(33)16-37-17-24(34)28-20-8-5-19(6-9-20)7-10-25(35)30-14-11-26(30)36;29-19(10-13-37)27-18(24(34)35)2-1-11-25-20(30)14-36-15-21(31)26-17-6-3-16(4-7-17)5-8-22(32)28-12-9-23(28)33;27-17(8-10-35)25-16(22(32)33)11-23-18(28)12-34-13-19(29)24-15-4-1-14(2-5-15)3-6-20(30)26-9-7-21(26)31;23-15(10-29-11-17(24)21-16(12-30)20(27)28)9-14-3-1-13(2-4-14)5-6-18(25)22-8-7-19(22)26/h5-6,8-9,21,38H,2-4,7,10-17H2,1H3,(H,27,33)(H,28,34)(H,29,32);3-4,6-7,18,37H,1-2,5,8-15H2,(H,25,30)(H,26,31)(H,27,29)(H,34,35);1-2,4-5,16,35H,3,6-13H2,(H,23,28)(H,24,29)(H,25,27)(H,32,33);1-4,16,30H,5-12H2,(H,21,24)(H,27,28). The number of hydrogen-bond donors (Lipinski definition) is 17. The molecule has 4 heterocycles. The third-order valence-electron chi connectivity index (χ3n) is 20.8. The first-order valence-corrected chi connectivity index (χ1v) is 47.4. The Morgan fingerprint density at radius 1 is 0.321 bits per heavy atom. The van der Waals surface area contributed by atoms with Crippen LogP contribution in [-0.4, -0.2) is 317 Å². The van der Waals surface area contributed by atoms with E-state index in [0.29, 0.717) is 138 Å². The summed E-state index contributed by atoms with van der Waals surface area (Å²) in [5.41, 5.74) is 5.95. The maximum Gasteiger partial charge on any atom is 0.328 e. The molecule has 4 aromatic rings. The van der Waals surface area contributed by atoms with E-state index in [0.717, 1.165) is 27.8 Å². The smallest absolute Gasteiger partial charge is 0.328 e. The number of carboxylic acid groups (broad SMARTS) is 3. The molecule has 13 N–H and O–H groups in total. The van der Waals surface area contributed by atoms with Crippen molar-refractivity contribution in [1.29, 1.82) is 0 Å². The van der Waals surface area contributed by atoms with Gasteiger partial charge < -0.3 is 87.4 Å². The molecule has 18 amide bonds. The maximum absolute atomic E-state index is 12.1. The number of Topliss-reactive ketones (excluding diaryl/α,β-unsaturated/α-hetero) is 2. The number of carboxylic acids is 3. The van der Waals surface area contributed by atoms with E-state index < -0.39 is 109 Å². The van der Waals surface area contributed by atoms with Gasteiger partial charge >= 0.3 is 17.9 Å². The molecule has 4 aliphatic rings. The average molecular weight is 2030 g/mol. The summed E-state index contributed by atoms with van der Waals surface area (Å²) in [5, 5.41) is 52.2. The first-order chi connectivity index (χ1) is 66.9. The molecule has 0 aliphatic carbocycles. The van der Waals surface area contributed by atoms with E-state index in [1.165, 1.54) is 26.5 Å². The summed E-state index contributed by atoms with van der Waals surface area (Å²) in [5.74, 6) is -8.93. The number of ether oxygens (including phenoxy) is 4. The van der Waals surface area contributed by atoms with E-state index in [4.69, 9.17) is 34.3 Å². The fourth-order valence-electron chi connectivity index (χ4n) is 12.7. The van der Waals surface area contributed by atoms with Gasteiger partial charge in [0, 0.05) is 146 Å². The molecule has 4 atom stereocenters. The van der Waals surface area contributed by atoms with Gasteiger partial charge in [0.15, 0.2) is 11.6 Å². The van der Waals surface area contributed by atoms with Crippen LogP contribution in [-0.2, 0) is 161 Å². The quantitative estimate of drug-likeness (QED) is 0.0162. The number of aliphatic carboxylic acids is 3. The number of anilines is 3. The number of nitrogens with one attached hydrogen (secondary N) is 10. The van der Waals surface area contributed by atoms with Gasteiger partial charge in [-0.3, -0.25) is 115 Å². The van der Waals surface area contributed by atoms with Gasteiger partial charge in [0.2, 0.25) is 106 Å². The maximum atomic E-state index is 12.1. The number of thiol groups is 4. The molecule has 0 radical (unpaired) electrons. The van der Waals surface area contributed by atoms with Gasteiger partial charge in [-0.2, -0.15) is 50.5 Å². The molecule has 0 saturated carbocycles. The highest BCUT2D eigenvalue weighted by Gasteiger charge is 2.34. The Bertz CT molecular complexity index is 4960. The molecule has 762 valence electrons. The van der Waals surface area contributed by atoms with Gasteiger partial charge in [-0.05, 0) is 146 Å². The van der Waals surface area contributed by atoms with Crippen molar-refractivity contribution in [3.8, 4) is 0 Å². The van der Waals surface area contributed by atoms with Crippen LogP contribution in [0.1, 0.15) is 137 Å². The van der Waals surface area contributed by atoms with E-state index in [1.54, 1.807) is 84.9 Å². The largest absolute Gasteiger partial charge is 0.480 e. The van der Waals surface area contributed by atoms with Crippen molar-refractivity contribution in [2.45, 2.75) is 166 Å². The zero-order valence-electron chi connectivity index (χ0n) is 77.3. The Kier molecular flexibility index (Phi) is 54.7. The van der Waals surface area contributed by atoms with Crippen molar-refractivity contribution < 1.29 is 145 Å². The summed E-state index contributed by atoms with van der Waals surface area (Å²) in [6, 6.07) is 24.0. The van der Waals surface area contributed by atoms with Crippen LogP contribution in [0.25, 0.3) is 0 Å². The number of imide groups is 4. The molecule has 4 unspecified atom stereocenters. The molecule has 44 nitrogen and oxygen atoms in total. The molecule has 8 rings (SSSR count). The first kappa shape index (κ1) is 118. The number of carbonyl (C=O) groups is 23. The average Bonchev–Trinajstić information content (AvgIpc) is 0.851. The number of benzene rings is 4. The van der Waals surface area contributed by atoms with Crippen LogP contribution >= 0.6 is 50.5 Å². The summed E-state index contributed by atoms with van der Waals surface area (Å²) in [4.78, 5) is 273. The highest BCUT2D eigenvalue weighted by atomic mass is 32.1. The number of aryl methyl sites for hydroxylation is 4. The summed E-state index contributed by atoms with van der Waals surface area (Å²) in [6.45, 7) is 0.793. The SMILES string of the molecule is CC(=O)C(CCCCNC(=O)COCC(=O)Nc1ccc(CCC(=O)N2CCC2=O)cc1)NC(=O)CCS.O=C(COCC(=O)NC(CS)C(=O)O)Cc1ccc(CCC(=O)N2CCC2=O)cc1.O=C(COCC(=O)Nc1ccc(CCC(=O)N2CCC2=O)cc1)NCC(NC(=O)CCS)C(=O)O.O=C(COCC(=O)Nc1ccc(CCC(=O)N2CCC2=O)cc1)NCCCC(NC(=O)CCS)C(=O)O. The summed E-state index contributed by atoms with van der Waals surface area (Å²) in [7, 11) is 0. The van der Waals surface area contributed by atoms with Gasteiger partial charge in [0.25, 0.3) is 0 Å². The topological polar surface area (TPSA) is 623 Å². The molecular weight excluding hydrogens is 1910 g/mol. The van der Waals surface area contributed by atoms with E-state index in [-0.39, 0.29) is 186 Å². The van der Waals surface area contributed by atoms with E-state index in [9.17, 15) is 110 Å². The first-order valence-electron chi connectivity index (χ1n) is 44.9. The van der Waals surface area contributed by atoms with Crippen LogP contribution in [0.2, 0.25) is 0 Å². The van der Waals surface area contributed by atoms with Gasteiger partial charge in [0.1, 0.15) is 71.0 Å². The van der Waals surface area contributed by atoms with Gasteiger partial charge in [-0.25, -0.2) is 14.4 Å². The highest BCUT2D eigenvalue weighted by Crippen LogP contribution is 2.21. The number of unbranched alkanes of at least 4 members (excludes halogenated alkanes) is 1. The third-order valence-corrected chi connectivity index (χ3v) is 21.8. The number of likely N-dealkylation sites (tertiary alicyclic amines) is 4. The fourth-order valence-corrected chi connectivity index (χ4v) is 13.6. The molecule has 0 spiro atoms. The second-order valence-corrected chi connectivity index (χ2v) is 33.6. The zero-order valence-corrected chi connectivity index (χ0v) is 80.9. The van der Waals surface area contributed by atoms with Crippen molar-refractivity contribution in [3.63, 3.8) is 0 Å². The number of hydrogen-bond acceptors (Lipinski definition) is 31. The minimum Gasteiger partial charge on any atom is -0.480 e. The van der Waals surface area contributed by atoms with Crippen molar-refractivity contribution in [1.82, 2.24) is 56.8 Å². The number of ketones is 2. The lowest BCUT2D eigenvalue weighted by atomic mass is 10.0. The van der Waals surface area contributed by atoms with E-state index in [2.05, 4.69) is 104 Å². The van der Waals surface area contributed by atoms with Gasteiger partial charge in [-0.1, -0.05) is 60.7 Å². The minimum atomic E-state index is -1.30. The van der Waals surface area contributed by atoms with Crippen LogP contribution in [0.15, 0.2) is 97.1 Å². The Morgan fingerprint density at radius 3 is 0.921 bits per heavy atom. The van der Waals surface area contributed by atoms with Crippen molar-refractivity contribution >= 4 is 203 Å². The lowest BCUT2D eigenvalue weighted by Crippen LogP contribution is -2.49. The Balaban J connectivity index is 0.000000330. The monoisotopic (exact) mass is 2030 g/mol. The van der Waals surface area contributed by atoms with Crippen LogP contribution in [0, 0.1) is 0 Å². The molecule has 4 saturated heterocycles. The molecule has 4 fully saturated rings. The Hall–Kier alpha value is -12.9. The molecule has 48 heteroatoms. The third kappa shape index (κ3) is 47.2. The number of carbonyl (C=O) groups excluding carboxylic acids is 20. The lowest BCUT2D eigenvalue weighted by Gasteiger charge is -2.28. The normalized spacial score (nSPS) is 13.5.